The van der Waals surface area contributed by atoms with Gasteiger partial charge in [0.1, 0.15) is 0 Å². The van der Waals surface area contributed by atoms with Crippen molar-refractivity contribution in [2.75, 3.05) is 0 Å². The molecule has 0 saturated carbocycles. The molecule has 0 aliphatic heterocycles. The van der Waals surface area contributed by atoms with Crippen molar-refractivity contribution in [1.82, 2.24) is 9.97 Å². The van der Waals surface area contributed by atoms with Gasteiger partial charge in [-0.15, -0.1) is 0 Å². The van der Waals surface area contributed by atoms with Gasteiger partial charge in [0, 0.05) is 5.56 Å². The Hall–Kier alpha value is -1.55. The van der Waals surface area contributed by atoms with E-state index >= 15 is 0 Å². The highest BCUT2D eigenvalue weighted by Gasteiger charge is 2.14. The van der Waals surface area contributed by atoms with Gasteiger partial charge in [-0.2, -0.15) is 0 Å². The quantitative estimate of drug-likeness (QED) is 0.779. The molecule has 0 fully saturated rings. The van der Waals surface area contributed by atoms with E-state index in [1.165, 1.54) is 11.9 Å². The van der Waals surface area contributed by atoms with E-state index in [-0.39, 0.29) is 10.1 Å². The summed E-state index contributed by atoms with van der Waals surface area (Å²) in [4.78, 5) is 6.51. The van der Waals surface area contributed by atoms with E-state index in [1.807, 2.05) is 24.3 Å². The monoisotopic (exact) mass is 262 g/mol. The molecule has 1 N–H and O–H groups in total. The molecule has 0 amide bonds. The van der Waals surface area contributed by atoms with Crippen LogP contribution in [0.15, 0.2) is 30.6 Å². The predicted molar refractivity (Wildman–Crippen MR) is 73.5 cm³/mol. The maximum absolute atomic E-state index is 13.8. The Morgan fingerprint density at radius 3 is 2.33 bits per heavy atom. The van der Waals surface area contributed by atoms with E-state index < -0.39 is 5.82 Å². The summed E-state index contributed by atoms with van der Waals surface area (Å²) in [7, 11) is 0. The molecular formula is C14H15FN2S. The SMILES string of the molecule is CC(C)(C)c1ccc(-c2[nH]cnc(=S)c2F)cc1. The van der Waals surface area contributed by atoms with Gasteiger partial charge in [-0.3, -0.25) is 0 Å². The first-order valence-corrected chi connectivity index (χ1v) is 6.14. The average Bonchev–Trinajstić information content (AvgIpc) is 2.32. The number of nitrogens with one attached hydrogen (secondary N) is 1. The van der Waals surface area contributed by atoms with Gasteiger partial charge in [0.15, 0.2) is 10.5 Å². The Labute approximate surface area is 111 Å². The Kier molecular flexibility index (Phi) is 3.30. The Bertz CT molecular complexity index is 609. The molecule has 0 radical (unpaired) electrons. The lowest BCUT2D eigenvalue weighted by Gasteiger charge is -2.19. The van der Waals surface area contributed by atoms with Crippen LogP contribution in [-0.4, -0.2) is 9.97 Å². The Balaban J connectivity index is 2.47. The molecule has 0 aliphatic rings. The zero-order chi connectivity index (χ0) is 13.3. The maximum atomic E-state index is 13.8. The van der Waals surface area contributed by atoms with E-state index in [1.54, 1.807) is 0 Å². The van der Waals surface area contributed by atoms with E-state index in [0.717, 1.165) is 5.56 Å². The number of benzene rings is 1. The van der Waals surface area contributed by atoms with Crippen molar-refractivity contribution in [2.24, 2.45) is 0 Å². The van der Waals surface area contributed by atoms with Crippen LogP contribution in [0, 0.1) is 10.5 Å². The Morgan fingerprint density at radius 1 is 1.17 bits per heavy atom. The molecule has 0 spiro atoms. The summed E-state index contributed by atoms with van der Waals surface area (Å²) in [6, 6.07) is 7.80. The zero-order valence-electron chi connectivity index (χ0n) is 10.6. The molecule has 2 aromatic rings. The fraction of sp³-hybridized carbons (Fsp3) is 0.286. The minimum Gasteiger partial charge on any atom is -0.343 e. The number of rotatable bonds is 1. The minimum atomic E-state index is -0.476. The van der Waals surface area contributed by atoms with Gasteiger partial charge in [0.2, 0.25) is 0 Å². The number of aromatic nitrogens is 2. The lowest BCUT2D eigenvalue weighted by molar-refractivity contribution is 0.590. The molecule has 0 saturated heterocycles. The molecule has 4 heteroatoms. The molecular weight excluding hydrogens is 247 g/mol. The Morgan fingerprint density at radius 2 is 1.78 bits per heavy atom. The molecule has 1 heterocycles. The molecule has 0 unspecified atom stereocenters. The second-order valence-corrected chi connectivity index (χ2v) is 5.61. The summed E-state index contributed by atoms with van der Waals surface area (Å²) < 4.78 is 13.8. The summed E-state index contributed by atoms with van der Waals surface area (Å²) >= 11 is 4.82. The van der Waals surface area contributed by atoms with Crippen molar-refractivity contribution in [3.63, 3.8) is 0 Å². The smallest absolute Gasteiger partial charge is 0.183 e. The molecule has 0 atom stereocenters. The highest BCUT2D eigenvalue weighted by molar-refractivity contribution is 7.71. The molecule has 2 nitrogen and oxygen atoms in total. The third kappa shape index (κ3) is 2.48. The highest BCUT2D eigenvalue weighted by atomic mass is 32.1. The van der Waals surface area contributed by atoms with E-state index in [4.69, 9.17) is 12.2 Å². The van der Waals surface area contributed by atoms with Crippen LogP contribution in [0.1, 0.15) is 26.3 Å². The third-order valence-electron chi connectivity index (χ3n) is 2.84. The van der Waals surface area contributed by atoms with Crippen molar-refractivity contribution >= 4 is 12.2 Å². The fourth-order valence-corrected chi connectivity index (χ4v) is 1.88. The summed E-state index contributed by atoms with van der Waals surface area (Å²) in [5, 5.41) is 0. The van der Waals surface area contributed by atoms with E-state index in [2.05, 4.69) is 30.7 Å². The minimum absolute atomic E-state index is 0.0105. The second-order valence-electron chi connectivity index (χ2n) is 5.22. The van der Waals surface area contributed by atoms with Crippen molar-refractivity contribution in [3.05, 3.63) is 46.6 Å². The molecule has 1 aromatic carbocycles. The summed E-state index contributed by atoms with van der Waals surface area (Å²) in [6.45, 7) is 6.42. The fourth-order valence-electron chi connectivity index (χ4n) is 1.73. The van der Waals surface area contributed by atoms with Gasteiger partial charge in [-0.05, 0) is 11.0 Å². The van der Waals surface area contributed by atoms with E-state index in [9.17, 15) is 4.39 Å². The molecule has 2 rings (SSSR count). The number of aromatic amines is 1. The van der Waals surface area contributed by atoms with Crippen LogP contribution in [0.4, 0.5) is 4.39 Å². The largest absolute Gasteiger partial charge is 0.343 e. The topological polar surface area (TPSA) is 28.7 Å². The van der Waals surface area contributed by atoms with Crippen molar-refractivity contribution < 1.29 is 4.39 Å². The van der Waals surface area contributed by atoms with Gasteiger partial charge in [0.25, 0.3) is 0 Å². The molecule has 1 aromatic heterocycles. The summed E-state index contributed by atoms with van der Waals surface area (Å²) in [5.41, 5.74) is 2.45. The van der Waals surface area contributed by atoms with E-state index in [0.29, 0.717) is 5.69 Å². The van der Waals surface area contributed by atoms with Crippen molar-refractivity contribution in [3.8, 4) is 11.3 Å². The van der Waals surface area contributed by atoms with Gasteiger partial charge in [0.05, 0.1) is 12.0 Å². The first-order valence-electron chi connectivity index (χ1n) is 5.73. The van der Waals surface area contributed by atoms with Crippen LogP contribution in [0.2, 0.25) is 0 Å². The standard InChI is InChI=1S/C14H15FN2S/c1-14(2,3)10-6-4-9(5-7-10)12-11(15)13(18)17-8-16-12/h4-8H,1-3H3,(H,16,17,18). The predicted octanol–water partition coefficient (Wildman–Crippen LogP) is 4.24. The lowest BCUT2D eigenvalue weighted by atomic mass is 9.86. The van der Waals surface area contributed by atoms with Gasteiger partial charge in [-0.25, -0.2) is 9.37 Å². The van der Waals surface area contributed by atoms with Gasteiger partial charge in [-0.1, -0.05) is 57.3 Å². The van der Waals surface area contributed by atoms with Crippen LogP contribution in [0.5, 0.6) is 0 Å². The normalized spacial score (nSPS) is 11.6. The van der Waals surface area contributed by atoms with Crippen molar-refractivity contribution in [1.29, 1.82) is 0 Å². The van der Waals surface area contributed by atoms with Crippen LogP contribution >= 0.6 is 12.2 Å². The lowest BCUT2D eigenvalue weighted by Crippen LogP contribution is -2.10. The van der Waals surface area contributed by atoms with Crippen LogP contribution in [-0.2, 0) is 5.41 Å². The third-order valence-corrected chi connectivity index (χ3v) is 3.12. The van der Waals surface area contributed by atoms with Gasteiger partial charge >= 0.3 is 0 Å². The van der Waals surface area contributed by atoms with Gasteiger partial charge < -0.3 is 4.98 Å². The number of hydrogen-bond donors (Lipinski definition) is 1. The van der Waals surface area contributed by atoms with Crippen LogP contribution < -0.4 is 0 Å². The molecule has 94 valence electrons. The first-order chi connectivity index (χ1) is 8.39. The second kappa shape index (κ2) is 4.61. The highest BCUT2D eigenvalue weighted by Crippen LogP contribution is 2.26. The maximum Gasteiger partial charge on any atom is 0.183 e. The number of nitrogens with zero attached hydrogens (tertiary/aromatic N) is 1. The molecule has 18 heavy (non-hydrogen) atoms. The number of halogens is 1. The van der Waals surface area contributed by atoms with Crippen molar-refractivity contribution in [2.45, 2.75) is 26.2 Å². The average molecular weight is 262 g/mol. The molecule has 0 aliphatic carbocycles. The van der Waals surface area contributed by atoms with Crippen LogP contribution in [0.25, 0.3) is 11.3 Å². The molecule has 0 bridgehead atoms. The number of hydrogen-bond acceptors (Lipinski definition) is 2. The first kappa shape index (κ1) is 12.9. The summed E-state index contributed by atoms with van der Waals surface area (Å²) in [6.07, 6.45) is 1.42. The number of H-pyrrole nitrogens is 1. The summed E-state index contributed by atoms with van der Waals surface area (Å²) in [5.74, 6) is -0.476. The van der Waals surface area contributed by atoms with Crippen LogP contribution in [0.3, 0.4) is 0 Å². The zero-order valence-corrected chi connectivity index (χ0v) is 11.4.